The summed E-state index contributed by atoms with van der Waals surface area (Å²) in [5.74, 6) is 0. The molecular weight excluding hydrogens is 316 g/mol. The smallest absolute Gasteiger partial charge is 0.0972 e. The molecule has 2 heteroatoms. The fraction of sp³-hybridized carbons (Fsp3) is 0.0833. The van der Waals surface area contributed by atoms with E-state index in [2.05, 4.69) is 66.7 Å². The number of hydrogen-bond acceptors (Lipinski definition) is 2. The Morgan fingerprint density at radius 2 is 1.31 bits per heavy atom. The number of fused-ring (bicyclic) bond motifs is 7. The van der Waals surface area contributed by atoms with Crippen LogP contribution in [0.5, 0.6) is 0 Å². The summed E-state index contributed by atoms with van der Waals surface area (Å²) in [6.07, 6.45) is 2.14. The number of aryl methyl sites for hydroxylation is 2. The monoisotopic (exact) mass is 332 g/mol. The lowest BCUT2D eigenvalue weighted by molar-refractivity contribution is 0.933. The molecule has 1 aliphatic carbocycles. The van der Waals surface area contributed by atoms with Crippen molar-refractivity contribution in [1.29, 1.82) is 0 Å². The molecule has 2 aromatic heterocycles. The first-order valence-corrected chi connectivity index (χ1v) is 9.07. The maximum absolute atomic E-state index is 5.13. The number of pyridine rings is 2. The van der Waals surface area contributed by atoms with Crippen LogP contribution in [0.3, 0.4) is 0 Å². The second-order valence-electron chi connectivity index (χ2n) is 7.04. The van der Waals surface area contributed by atoms with Crippen LogP contribution in [0.1, 0.15) is 11.1 Å². The molecule has 6 rings (SSSR count). The molecule has 0 saturated carbocycles. The van der Waals surface area contributed by atoms with E-state index in [4.69, 9.17) is 9.97 Å². The number of aromatic nitrogens is 2. The Bertz CT molecular complexity index is 1330. The zero-order chi connectivity index (χ0) is 17.1. The van der Waals surface area contributed by atoms with Crippen molar-refractivity contribution in [3.8, 4) is 11.3 Å². The molecule has 0 radical (unpaired) electrons. The van der Waals surface area contributed by atoms with E-state index in [1.807, 2.05) is 6.07 Å². The van der Waals surface area contributed by atoms with Gasteiger partial charge in [-0.05, 0) is 42.2 Å². The van der Waals surface area contributed by atoms with Crippen LogP contribution < -0.4 is 0 Å². The lowest BCUT2D eigenvalue weighted by atomic mass is 9.88. The highest BCUT2D eigenvalue weighted by Crippen LogP contribution is 2.35. The van der Waals surface area contributed by atoms with Crippen LogP contribution in [0.25, 0.3) is 44.0 Å². The van der Waals surface area contributed by atoms with Crippen LogP contribution in [0, 0.1) is 0 Å². The summed E-state index contributed by atoms with van der Waals surface area (Å²) in [6, 6.07) is 25.8. The van der Waals surface area contributed by atoms with Crippen LogP contribution in [0.2, 0.25) is 0 Å². The normalized spacial score (nSPS) is 13.1. The molecule has 0 N–H and O–H groups in total. The summed E-state index contributed by atoms with van der Waals surface area (Å²) in [4.78, 5) is 10.1. The minimum absolute atomic E-state index is 0.993. The molecule has 5 aromatic rings. The van der Waals surface area contributed by atoms with Crippen LogP contribution in [0.15, 0.2) is 72.8 Å². The van der Waals surface area contributed by atoms with Crippen LogP contribution >= 0.6 is 0 Å². The van der Waals surface area contributed by atoms with Gasteiger partial charge in [0.2, 0.25) is 0 Å². The predicted octanol–water partition coefficient (Wildman–Crippen LogP) is 5.70. The summed E-state index contributed by atoms with van der Waals surface area (Å²) in [7, 11) is 0. The number of benzene rings is 3. The Kier molecular flexibility index (Phi) is 2.75. The number of nitrogens with zero attached hydrogens (tertiary/aromatic N) is 2. The third kappa shape index (κ3) is 1.93. The lowest BCUT2D eigenvalue weighted by Gasteiger charge is -2.19. The highest BCUT2D eigenvalue weighted by Gasteiger charge is 2.18. The molecule has 0 bridgehead atoms. The molecular formula is C24H16N2. The second kappa shape index (κ2) is 5.12. The second-order valence-corrected chi connectivity index (χ2v) is 7.04. The molecule has 0 unspecified atom stereocenters. The standard InChI is InChI=1S/C24H16N2/c1-3-7-20-15(5-1)9-10-17-14-19-12-11-18-13-16-6-2-4-8-21(16)25-23(18)24(19)26-22(17)20/h1-8,11-14H,9-10H2. The Morgan fingerprint density at radius 1 is 0.577 bits per heavy atom. The van der Waals surface area contributed by atoms with Gasteiger partial charge in [0, 0.05) is 21.7 Å². The van der Waals surface area contributed by atoms with Gasteiger partial charge in [-0.1, -0.05) is 54.6 Å². The van der Waals surface area contributed by atoms with Gasteiger partial charge in [0.25, 0.3) is 0 Å². The Morgan fingerprint density at radius 3 is 2.27 bits per heavy atom. The van der Waals surface area contributed by atoms with Crippen molar-refractivity contribution in [2.75, 3.05) is 0 Å². The molecule has 0 saturated heterocycles. The molecule has 0 amide bonds. The van der Waals surface area contributed by atoms with E-state index in [0.29, 0.717) is 0 Å². The molecule has 0 aliphatic heterocycles. The van der Waals surface area contributed by atoms with Gasteiger partial charge in [-0.15, -0.1) is 0 Å². The van der Waals surface area contributed by atoms with Gasteiger partial charge in [-0.25, -0.2) is 9.97 Å². The summed E-state index contributed by atoms with van der Waals surface area (Å²) in [5, 5.41) is 3.49. The SMILES string of the molecule is c1ccc2c(c1)CCc1cc3ccc4cc5ccccc5nc4c3nc1-2. The van der Waals surface area contributed by atoms with Crippen molar-refractivity contribution in [2.45, 2.75) is 12.8 Å². The van der Waals surface area contributed by atoms with E-state index in [1.54, 1.807) is 0 Å². The molecule has 122 valence electrons. The first-order valence-electron chi connectivity index (χ1n) is 9.07. The predicted molar refractivity (Wildman–Crippen MR) is 107 cm³/mol. The van der Waals surface area contributed by atoms with E-state index in [9.17, 15) is 0 Å². The van der Waals surface area contributed by atoms with Gasteiger partial charge in [-0.3, -0.25) is 0 Å². The largest absolute Gasteiger partial charge is 0.245 e. The summed E-state index contributed by atoms with van der Waals surface area (Å²) >= 11 is 0. The van der Waals surface area contributed by atoms with E-state index >= 15 is 0 Å². The van der Waals surface area contributed by atoms with Crippen LogP contribution in [-0.4, -0.2) is 9.97 Å². The first kappa shape index (κ1) is 14.0. The molecule has 3 aromatic carbocycles. The zero-order valence-corrected chi connectivity index (χ0v) is 14.2. The average molecular weight is 332 g/mol. The third-order valence-electron chi connectivity index (χ3n) is 5.49. The van der Waals surface area contributed by atoms with Crippen molar-refractivity contribution in [3.63, 3.8) is 0 Å². The summed E-state index contributed by atoms with van der Waals surface area (Å²) in [6.45, 7) is 0. The topological polar surface area (TPSA) is 25.8 Å². The molecule has 0 atom stereocenters. The molecule has 2 heterocycles. The number of para-hydroxylation sites is 1. The Labute approximate surface area is 151 Å². The van der Waals surface area contributed by atoms with Gasteiger partial charge in [0.15, 0.2) is 0 Å². The minimum atomic E-state index is 0.993. The number of hydrogen-bond donors (Lipinski definition) is 0. The highest BCUT2D eigenvalue weighted by molar-refractivity contribution is 6.07. The van der Waals surface area contributed by atoms with E-state index in [1.165, 1.54) is 27.5 Å². The van der Waals surface area contributed by atoms with Crippen molar-refractivity contribution in [3.05, 3.63) is 83.9 Å². The Balaban J connectivity index is 1.73. The minimum Gasteiger partial charge on any atom is -0.245 e. The van der Waals surface area contributed by atoms with Crippen LogP contribution in [-0.2, 0) is 12.8 Å². The first-order chi connectivity index (χ1) is 12.9. The van der Waals surface area contributed by atoms with Gasteiger partial charge >= 0.3 is 0 Å². The fourth-order valence-corrected chi connectivity index (χ4v) is 4.18. The van der Waals surface area contributed by atoms with Crippen molar-refractivity contribution in [2.24, 2.45) is 0 Å². The molecule has 0 spiro atoms. The number of rotatable bonds is 0. The summed E-state index contributed by atoms with van der Waals surface area (Å²) in [5.41, 5.74) is 8.15. The maximum atomic E-state index is 5.13. The average Bonchev–Trinajstić information content (AvgIpc) is 2.71. The van der Waals surface area contributed by atoms with Gasteiger partial charge < -0.3 is 0 Å². The quantitative estimate of drug-likeness (QED) is 0.268. The fourth-order valence-electron chi connectivity index (χ4n) is 4.18. The zero-order valence-electron chi connectivity index (χ0n) is 14.2. The molecule has 0 fully saturated rings. The van der Waals surface area contributed by atoms with Gasteiger partial charge in [-0.2, -0.15) is 0 Å². The summed E-state index contributed by atoms with van der Waals surface area (Å²) < 4.78 is 0. The maximum Gasteiger partial charge on any atom is 0.0972 e. The van der Waals surface area contributed by atoms with Crippen LogP contribution in [0.4, 0.5) is 0 Å². The molecule has 1 aliphatic rings. The highest BCUT2D eigenvalue weighted by atomic mass is 14.8. The van der Waals surface area contributed by atoms with E-state index < -0.39 is 0 Å². The Hall–Kier alpha value is -3.26. The van der Waals surface area contributed by atoms with Crippen molar-refractivity contribution in [1.82, 2.24) is 9.97 Å². The van der Waals surface area contributed by atoms with E-state index in [0.717, 1.165) is 40.5 Å². The van der Waals surface area contributed by atoms with Gasteiger partial charge in [0.1, 0.15) is 0 Å². The van der Waals surface area contributed by atoms with Crippen molar-refractivity contribution >= 4 is 32.7 Å². The third-order valence-corrected chi connectivity index (χ3v) is 5.49. The van der Waals surface area contributed by atoms with E-state index in [-0.39, 0.29) is 0 Å². The van der Waals surface area contributed by atoms with Gasteiger partial charge in [0.05, 0.1) is 22.2 Å². The molecule has 2 nitrogen and oxygen atoms in total. The molecule has 26 heavy (non-hydrogen) atoms. The lowest BCUT2D eigenvalue weighted by Crippen LogP contribution is -2.06. The van der Waals surface area contributed by atoms with Crippen molar-refractivity contribution < 1.29 is 0 Å².